The quantitative estimate of drug-likeness (QED) is 0.881. The summed E-state index contributed by atoms with van der Waals surface area (Å²) >= 11 is 1.70. The second-order valence-corrected chi connectivity index (χ2v) is 6.53. The van der Waals surface area contributed by atoms with Crippen molar-refractivity contribution >= 4 is 17.2 Å². The molecule has 0 radical (unpaired) electrons. The second-order valence-electron chi connectivity index (χ2n) is 5.39. The van der Waals surface area contributed by atoms with Gasteiger partial charge in [0.25, 0.3) is 5.91 Å². The van der Waals surface area contributed by atoms with Crippen LogP contribution < -0.4 is 5.32 Å². The molecule has 18 heavy (non-hydrogen) atoms. The third-order valence-corrected chi connectivity index (χ3v) is 5.11. The molecule has 0 spiro atoms. The molecule has 0 aromatic carbocycles. The van der Waals surface area contributed by atoms with Crippen molar-refractivity contribution in [3.63, 3.8) is 0 Å². The van der Waals surface area contributed by atoms with Gasteiger partial charge in [-0.1, -0.05) is 20.8 Å². The Balaban J connectivity index is 2.07. The lowest BCUT2D eigenvalue weighted by Crippen LogP contribution is -2.33. The molecule has 1 aromatic rings. The van der Waals surface area contributed by atoms with Gasteiger partial charge in [-0.15, -0.1) is 11.3 Å². The second kappa shape index (κ2) is 5.87. The van der Waals surface area contributed by atoms with Gasteiger partial charge in [-0.2, -0.15) is 0 Å². The largest absolute Gasteiger partial charge is 0.349 e. The zero-order valence-electron chi connectivity index (χ0n) is 11.6. The normalized spacial score (nSPS) is 18.8. The summed E-state index contributed by atoms with van der Waals surface area (Å²) in [5, 5.41) is 3.12. The molecule has 1 heterocycles. The van der Waals surface area contributed by atoms with E-state index in [9.17, 15) is 4.79 Å². The van der Waals surface area contributed by atoms with Crippen molar-refractivity contribution in [1.82, 2.24) is 5.32 Å². The lowest BCUT2D eigenvalue weighted by atomic mass is 9.90. The lowest BCUT2D eigenvalue weighted by Gasteiger charge is -2.16. The van der Waals surface area contributed by atoms with Crippen LogP contribution in [0.1, 0.15) is 60.1 Å². The monoisotopic (exact) mass is 265 g/mol. The van der Waals surface area contributed by atoms with Crippen LogP contribution in [-0.2, 0) is 12.8 Å². The molecule has 1 unspecified atom stereocenters. The number of aryl methyl sites for hydroxylation is 1. The minimum atomic E-state index is 0.121. The van der Waals surface area contributed by atoms with Gasteiger partial charge >= 0.3 is 0 Å². The molecule has 1 amide bonds. The molecule has 1 aromatic heterocycles. The van der Waals surface area contributed by atoms with E-state index in [1.54, 1.807) is 11.3 Å². The molecule has 100 valence electrons. The van der Waals surface area contributed by atoms with Gasteiger partial charge in [0.15, 0.2) is 0 Å². The molecular formula is C15H23NOS. The van der Waals surface area contributed by atoms with Crippen LogP contribution in [0, 0.1) is 5.92 Å². The topological polar surface area (TPSA) is 29.1 Å². The number of carbonyl (C=O) groups is 1. The molecule has 2 nitrogen and oxygen atoms in total. The summed E-state index contributed by atoms with van der Waals surface area (Å²) in [5.74, 6) is 0.887. The fourth-order valence-electron chi connectivity index (χ4n) is 2.57. The first-order valence-electron chi connectivity index (χ1n) is 7.06. The fourth-order valence-corrected chi connectivity index (χ4v) is 3.68. The average Bonchev–Trinajstić information content (AvgIpc) is 2.78. The van der Waals surface area contributed by atoms with Crippen LogP contribution in [0.5, 0.6) is 0 Å². The summed E-state index contributed by atoms with van der Waals surface area (Å²) in [7, 11) is 0. The molecule has 0 fully saturated rings. The molecule has 0 bridgehead atoms. The van der Waals surface area contributed by atoms with Gasteiger partial charge in [-0.25, -0.2) is 0 Å². The Bertz CT molecular complexity index is 420. The summed E-state index contributed by atoms with van der Waals surface area (Å²) in [6.07, 6.45) is 5.57. The standard InChI is InChI=1S/C15H23NOS/c1-4-12(5-2)16-15(17)14-9-11-8-10(3)6-7-13(11)18-14/h9-10,12H,4-8H2,1-3H3,(H,16,17). The molecule has 1 aliphatic carbocycles. The lowest BCUT2D eigenvalue weighted by molar-refractivity contribution is 0.0939. The smallest absolute Gasteiger partial charge is 0.261 e. The van der Waals surface area contributed by atoms with Crippen molar-refractivity contribution in [1.29, 1.82) is 0 Å². The predicted octanol–water partition coefficient (Wildman–Crippen LogP) is 3.79. The maximum atomic E-state index is 12.2. The first-order chi connectivity index (χ1) is 8.63. The highest BCUT2D eigenvalue weighted by atomic mass is 32.1. The zero-order chi connectivity index (χ0) is 13.1. The molecule has 2 rings (SSSR count). The number of hydrogen-bond acceptors (Lipinski definition) is 2. The molecule has 0 saturated heterocycles. The van der Waals surface area contributed by atoms with Gasteiger partial charge < -0.3 is 5.32 Å². The van der Waals surface area contributed by atoms with Crippen molar-refractivity contribution < 1.29 is 4.79 Å². The van der Waals surface area contributed by atoms with Crippen molar-refractivity contribution in [2.24, 2.45) is 5.92 Å². The van der Waals surface area contributed by atoms with E-state index in [0.717, 1.165) is 36.5 Å². The van der Waals surface area contributed by atoms with E-state index < -0.39 is 0 Å². The van der Waals surface area contributed by atoms with E-state index in [-0.39, 0.29) is 5.91 Å². The van der Waals surface area contributed by atoms with Gasteiger partial charge in [-0.05, 0) is 49.7 Å². The highest BCUT2D eigenvalue weighted by Crippen LogP contribution is 2.32. The van der Waals surface area contributed by atoms with Crippen molar-refractivity contribution in [3.05, 3.63) is 21.4 Å². The van der Waals surface area contributed by atoms with E-state index in [4.69, 9.17) is 0 Å². The van der Waals surface area contributed by atoms with Gasteiger partial charge in [0, 0.05) is 10.9 Å². The third kappa shape index (κ3) is 2.94. The van der Waals surface area contributed by atoms with Crippen molar-refractivity contribution in [3.8, 4) is 0 Å². The van der Waals surface area contributed by atoms with Crippen LogP contribution in [0.4, 0.5) is 0 Å². The van der Waals surface area contributed by atoms with Gasteiger partial charge in [-0.3, -0.25) is 4.79 Å². The van der Waals surface area contributed by atoms with Crippen molar-refractivity contribution in [2.75, 3.05) is 0 Å². The van der Waals surface area contributed by atoms with Gasteiger partial charge in [0.1, 0.15) is 0 Å². The van der Waals surface area contributed by atoms with Gasteiger partial charge in [0.05, 0.1) is 4.88 Å². The Morgan fingerprint density at radius 2 is 2.22 bits per heavy atom. The summed E-state index contributed by atoms with van der Waals surface area (Å²) in [6.45, 7) is 6.54. The third-order valence-electron chi connectivity index (χ3n) is 3.87. The van der Waals surface area contributed by atoms with Crippen molar-refractivity contribution in [2.45, 2.75) is 58.9 Å². The molecule has 1 aliphatic rings. The van der Waals surface area contributed by atoms with Crippen LogP contribution in [0.25, 0.3) is 0 Å². The fraction of sp³-hybridized carbons (Fsp3) is 0.667. The van der Waals surface area contributed by atoms with Crippen LogP contribution in [-0.4, -0.2) is 11.9 Å². The number of hydrogen-bond donors (Lipinski definition) is 1. The summed E-state index contributed by atoms with van der Waals surface area (Å²) in [5.41, 5.74) is 1.41. The number of carbonyl (C=O) groups excluding carboxylic acids is 1. The Morgan fingerprint density at radius 1 is 1.50 bits per heavy atom. The van der Waals surface area contributed by atoms with Gasteiger partial charge in [0.2, 0.25) is 0 Å². The number of fused-ring (bicyclic) bond motifs is 1. The first-order valence-corrected chi connectivity index (χ1v) is 7.88. The van der Waals surface area contributed by atoms with E-state index in [1.807, 2.05) is 0 Å². The van der Waals surface area contributed by atoms with Crippen LogP contribution in [0.15, 0.2) is 6.07 Å². The summed E-state index contributed by atoms with van der Waals surface area (Å²) in [4.78, 5) is 14.5. The molecule has 1 N–H and O–H groups in total. The maximum Gasteiger partial charge on any atom is 0.261 e. The predicted molar refractivity (Wildman–Crippen MR) is 77.3 cm³/mol. The Labute approximate surface area is 114 Å². The molecule has 0 aliphatic heterocycles. The molecular weight excluding hydrogens is 242 g/mol. The molecule has 0 saturated carbocycles. The van der Waals surface area contributed by atoms with E-state index in [0.29, 0.717) is 6.04 Å². The first kappa shape index (κ1) is 13.6. The van der Waals surface area contributed by atoms with E-state index in [2.05, 4.69) is 32.2 Å². The Kier molecular flexibility index (Phi) is 4.44. The minimum absolute atomic E-state index is 0.121. The highest BCUT2D eigenvalue weighted by Gasteiger charge is 2.21. The average molecular weight is 265 g/mol. The Hall–Kier alpha value is -0.830. The van der Waals surface area contributed by atoms with Crippen LogP contribution in [0.3, 0.4) is 0 Å². The molecule has 3 heteroatoms. The maximum absolute atomic E-state index is 12.2. The van der Waals surface area contributed by atoms with E-state index in [1.165, 1.54) is 16.9 Å². The van der Waals surface area contributed by atoms with Crippen LogP contribution >= 0.6 is 11.3 Å². The molecule has 1 atom stereocenters. The Morgan fingerprint density at radius 3 is 2.89 bits per heavy atom. The highest BCUT2D eigenvalue weighted by molar-refractivity contribution is 7.14. The number of thiophene rings is 1. The summed E-state index contributed by atoms with van der Waals surface area (Å²) < 4.78 is 0. The van der Waals surface area contributed by atoms with E-state index >= 15 is 0 Å². The SMILES string of the molecule is CCC(CC)NC(=O)c1cc2c(s1)CCC(C)C2. The number of rotatable bonds is 4. The minimum Gasteiger partial charge on any atom is -0.349 e. The van der Waals surface area contributed by atoms with Crippen LogP contribution in [0.2, 0.25) is 0 Å². The number of amides is 1. The number of nitrogens with one attached hydrogen (secondary N) is 1. The zero-order valence-corrected chi connectivity index (χ0v) is 12.4. The summed E-state index contributed by atoms with van der Waals surface area (Å²) in [6, 6.07) is 2.43.